The maximum Gasteiger partial charge on any atom is 0.257 e. The summed E-state index contributed by atoms with van der Waals surface area (Å²) in [6.45, 7) is 9.84. The quantitative estimate of drug-likeness (QED) is 0.505. The number of hydrogen-bond acceptors (Lipinski definition) is 6. The zero-order valence-corrected chi connectivity index (χ0v) is 19.5. The first-order valence-corrected chi connectivity index (χ1v) is 11.8. The van der Waals surface area contributed by atoms with Crippen molar-refractivity contribution in [2.75, 3.05) is 33.2 Å². The van der Waals surface area contributed by atoms with E-state index in [0.717, 1.165) is 54.3 Å². The van der Waals surface area contributed by atoms with Gasteiger partial charge >= 0.3 is 0 Å². The molecule has 4 rings (SSSR count). The highest BCUT2D eigenvalue weighted by Gasteiger charge is 2.34. The van der Waals surface area contributed by atoms with Crippen LogP contribution in [0.2, 0.25) is 0 Å². The molecule has 0 aliphatic heterocycles. The van der Waals surface area contributed by atoms with Crippen molar-refractivity contribution < 1.29 is 4.79 Å². The Labute approximate surface area is 187 Å². The number of nitrogens with zero attached hydrogens (tertiary/aromatic N) is 6. The number of thiophene rings is 1. The van der Waals surface area contributed by atoms with Gasteiger partial charge in [0.2, 0.25) is 0 Å². The molecule has 8 heteroatoms. The third kappa shape index (κ3) is 4.55. The molecule has 0 saturated heterocycles. The Hall–Kier alpha value is -2.58. The third-order valence-corrected chi connectivity index (χ3v) is 6.77. The summed E-state index contributed by atoms with van der Waals surface area (Å²) in [5.74, 6) is 0.888. The fourth-order valence-corrected chi connectivity index (χ4v) is 4.55. The number of carbonyl (C=O) groups is 1. The van der Waals surface area contributed by atoms with Crippen molar-refractivity contribution in [2.24, 2.45) is 0 Å². The lowest BCUT2D eigenvalue weighted by molar-refractivity contribution is 0.0778. The zero-order chi connectivity index (χ0) is 22.0. The molecule has 31 heavy (non-hydrogen) atoms. The molecule has 1 aliphatic carbocycles. The highest BCUT2D eigenvalue weighted by molar-refractivity contribution is 7.13. The monoisotopic (exact) mass is 438 g/mol. The number of amides is 1. The lowest BCUT2D eigenvalue weighted by Gasteiger charge is -2.23. The number of likely N-dealkylation sites (N-methyl/N-ethyl adjacent to an activating group) is 2. The summed E-state index contributed by atoms with van der Waals surface area (Å²) in [5.41, 5.74) is 3.56. The van der Waals surface area contributed by atoms with Gasteiger partial charge in [0.1, 0.15) is 0 Å². The van der Waals surface area contributed by atoms with Gasteiger partial charge in [0.05, 0.1) is 28.0 Å². The van der Waals surface area contributed by atoms with Crippen molar-refractivity contribution in [1.82, 2.24) is 29.5 Å². The molecule has 1 amide bonds. The van der Waals surface area contributed by atoms with E-state index in [1.807, 2.05) is 31.6 Å². The fraction of sp³-hybridized carbons (Fsp3) is 0.478. The normalized spacial score (nSPS) is 13.7. The Morgan fingerprint density at radius 2 is 2.00 bits per heavy atom. The van der Waals surface area contributed by atoms with Gasteiger partial charge in [0, 0.05) is 32.3 Å². The SMILES string of the molecule is CCN(CC)CCN(C)C(=O)c1cnn(-c2ncc(C)c(-c3cccs3)n2)c1C1CC1. The van der Waals surface area contributed by atoms with Crippen LogP contribution in [0.25, 0.3) is 16.5 Å². The molecule has 0 spiro atoms. The van der Waals surface area contributed by atoms with Gasteiger partial charge in [-0.25, -0.2) is 14.6 Å². The van der Waals surface area contributed by atoms with E-state index < -0.39 is 0 Å². The van der Waals surface area contributed by atoms with Crippen LogP contribution in [0.4, 0.5) is 0 Å². The van der Waals surface area contributed by atoms with Crippen molar-refractivity contribution >= 4 is 17.2 Å². The van der Waals surface area contributed by atoms with Crippen LogP contribution in [-0.2, 0) is 0 Å². The van der Waals surface area contributed by atoms with Gasteiger partial charge in [-0.3, -0.25) is 4.79 Å². The average molecular weight is 439 g/mol. The van der Waals surface area contributed by atoms with Crippen LogP contribution in [0, 0.1) is 6.92 Å². The van der Waals surface area contributed by atoms with Gasteiger partial charge in [-0.1, -0.05) is 19.9 Å². The standard InChI is InChI=1S/C23H30N6OS/c1-5-28(6-2)12-11-27(4)22(30)18-15-25-29(21(18)17-9-10-17)23-24-14-16(3)20(26-23)19-8-7-13-31-19/h7-8,13-15,17H,5-6,9-12H2,1-4H3. The van der Waals surface area contributed by atoms with E-state index >= 15 is 0 Å². The minimum Gasteiger partial charge on any atom is -0.340 e. The molecule has 3 aromatic heterocycles. The van der Waals surface area contributed by atoms with E-state index in [0.29, 0.717) is 24.0 Å². The molecule has 0 aromatic carbocycles. The smallest absolute Gasteiger partial charge is 0.257 e. The molecule has 0 unspecified atom stereocenters. The lowest BCUT2D eigenvalue weighted by atomic mass is 10.1. The molecular weight excluding hydrogens is 408 g/mol. The Bertz CT molecular complexity index is 1040. The third-order valence-electron chi connectivity index (χ3n) is 5.90. The number of aryl methyl sites for hydroxylation is 1. The highest BCUT2D eigenvalue weighted by Crippen LogP contribution is 2.42. The fourth-order valence-electron chi connectivity index (χ4n) is 3.77. The Balaban J connectivity index is 1.63. The van der Waals surface area contributed by atoms with Crippen LogP contribution in [0.1, 0.15) is 54.2 Å². The van der Waals surface area contributed by atoms with E-state index in [2.05, 4.69) is 34.9 Å². The molecule has 3 aromatic rings. The predicted molar refractivity (Wildman–Crippen MR) is 124 cm³/mol. The molecular formula is C23H30N6OS. The summed E-state index contributed by atoms with van der Waals surface area (Å²) in [5, 5.41) is 6.61. The maximum absolute atomic E-state index is 13.3. The van der Waals surface area contributed by atoms with Crippen LogP contribution in [0.15, 0.2) is 29.9 Å². The molecule has 0 radical (unpaired) electrons. The highest BCUT2D eigenvalue weighted by atomic mass is 32.1. The molecule has 0 bridgehead atoms. The van der Waals surface area contributed by atoms with E-state index in [-0.39, 0.29) is 5.91 Å². The number of aromatic nitrogens is 4. The first-order valence-electron chi connectivity index (χ1n) is 11.0. The maximum atomic E-state index is 13.3. The number of carbonyl (C=O) groups excluding carboxylic acids is 1. The van der Waals surface area contributed by atoms with Crippen LogP contribution < -0.4 is 0 Å². The average Bonchev–Trinajstić information content (AvgIpc) is 3.29. The van der Waals surface area contributed by atoms with Crippen molar-refractivity contribution in [3.05, 3.63) is 46.7 Å². The number of rotatable bonds is 9. The van der Waals surface area contributed by atoms with Crippen LogP contribution in [-0.4, -0.2) is 68.7 Å². The first kappa shape index (κ1) is 21.6. The molecule has 0 N–H and O–H groups in total. The van der Waals surface area contributed by atoms with Crippen molar-refractivity contribution in [2.45, 2.75) is 39.5 Å². The molecule has 7 nitrogen and oxygen atoms in total. The van der Waals surface area contributed by atoms with Crippen LogP contribution in [0.3, 0.4) is 0 Å². The van der Waals surface area contributed by atoms with Gasteiger partial charge in [-0.05, 0) is 49.9 Å². The van der Waals surface area contributed by atoms with Crippen LogP contribution >= 0.6 is 11.3 Å². The second-order valence-corrected chi connectivity index (χ2v) is 9.01. The molecule has 164 valence electrons. The largest absolute Gasteiger partial charge is 0.340 e. The summed E-state index contributed by atoms with van der Waals surface area (Å²) in [7, 11) is 1.87. The topological polar surface area (TPSA) is 67.2 Å². The second-order valence-electron chi connectivity index (χ2n) is 8.06. The van der Waals surface area contributed by atoms with E-state index in [1.165, 1.54) is 0 Å². The molecule has 0 atom stereocenters. The summed E-state index contributed by atoms with van der Waals surface area (Å²) >= 11 is 1.66. The Morgan fingerprint density at radius 3 is 2.65 bits per heavy atom. The second kappa shape index (κ2) is 9.28. The summed E-state index contributed by atoms with van der Waals surface area (Å²) in [6, 6.07) is 4.09. The van der Waals surface area contributed by atoms with Crippen molar-refractivity contribution in [1.29, 1.82) is 0 Å². The van der Waals surface area contributed by atoms with Crippen molar-refractivity contribution in [3.63, 3.8) is 0 Å². The summed E-state index contributed by atoms with van der Waals surface area (Å²) in [4.78, 5) is 27.9. The zero-order valence-electron chi connectivity index (χ0n) is 18.7. The van der Waals surface area contributed by atoms with Crippen molar-refractivity contribution in [3.8, 4) is 16.5 Å². The van der Waals surface area contributed by atoms with E-state index in [4.69, 9.17) is 4.98 Å². The molecule has 1 aliphatic rings. The molecule has 3 heterocycles. The lowest BCUT2D eigenvalue weighted by Crippen LogP contribution is -2.36. The molecule has 1 saturated carbocycles. The van der Waals surface area contributed by atoms with Gasteiger partial charge < -0.3 is 9.80 Å². The van der Waals surface area contributed by atoms with E-state index in [1.54, 1.807) is 27.1 Å². The first-order chi connectivity index (χ1) is 15.0. The van der Waals surface area contributed by atoms with Gasteiger partial charge in [-0.15, -0.1) is 11.3 Å². The van der Waals surface area contributed by atoms with Gasteiger partial charge in [0.25, 0.3) is 11.9 Å². The Kier molecular flexibility index (Phi) is 6.48. The minimum absolute atomic E-state index is 0.0194. The van der Waals surface area contributed by atoms with Gasteiger partial charge in [0.15, 0.2) is 0 Å². The minimum atomic E-state index is 0.0194. The van der Waals surface area contributed by atoms with Crippen LogP contribution in [0.5, 0.6) is 0 Å². The summed E-state index contributed by atoms with van der Waals surface area (Å²) < 4.78 is 1.78. The predicted octanol–water partition coefficient (Wildman–Crippen LogP) is 3.99. The molecule has 1 fully saturated rings. The Morgan fingerprint density at radius 1 is 1.23 bits per heavy atom. The number of hydrogen-bond donors (Lipinski definition) is 0. The summed E-state index contributed by atoms with van der Waals surface area (Å²) in [6.07, 6.45) is 5.67. The van der Waals surface area contributed by atoms with E-state index in [9.17, 15) is 4.79 Å². The van der Waals surface area contributed by atoms with Gasteiger partial charge in [-0.2, -0.15) is 5.10 Å².